The predicted octanol–water partition coefficient (Wildman–Crippen LogP) is 4.50. The standard InChI is InChI=1S/C16H11Cl2N3O3S2/c17-10-4-5-13(14(18)8-10)15(22)20-11-2-1-3-12(9-11)26(23,24)21-16-19-6-7-25-16/h1-9H,(H,19,21)(H,20,22). The second kappa shape index (κ2) is 7.63. The third kappa shape index (κ3) is 4.34. The van der Waals surface area contributed by atoms with Crippen LogP contribution in [0.1, 0.15) is 10.4 Å². The number of halogens is 2. The van der Waals surface area contributed by atoms with E-state index in [9.17, 15) is 13.2 Å². The van der Waals surface area contributed by atoms with Crippen molar-refractivity contribution < 1.29 is 13.2 Å². The van der Waals surface area contributed by atoms with Gasteiger partial charge in [-0.2, -0.15) is 0 Å². The monoisotopic (exact) mass is 427 g/mol. The molecule has 1 heterocycles. The van der Waals surface area contributed by atoms with Crippen LogP contribution in [0.25, 0.3) is 0 Å². The molecule has 0 radical (unpaired) electrons. The zero-order valence-corrected chi connectivity index (χ0v) is 16.1. The summed E-state index contributed by atoms with van der Waals surface area (Å²) in [5, 5.41) is 5.14. The molecule has 2 aromatic carbocycles. The molecule has 1 aromatic heterocycles. The zero-order valence-electron chi connectivity index (χ0n) is 12.9. The lowest BCUT2D eigenvalue weighted by atomic mass is 10.2. The molecular weight excluding hydrogens is 417 g/mol. The normalized spacial score (nSPS) is 11.2. The predicted molar refractivity (Wildman–Crippen MR) is 104 cm³/mol. The van der Waals surface area contributed by atoms with Crippen LogP contribution >= 0.6 is 34.5 Å². The Labute approximate surface area is 163 Å². The van der Waals surface area contributed by atoms with Gasteiger partial charge in [0.05, 0.1) is 15.5 Å². The molecule has 0 unspecified atom stereocenters. The van der Waals surface area contributed by atoms with Crippen LogP contribution < -0.4 is 10.0 Å². The Hall–Kier alpha value is -2.13. The molecule has 0 saturated heterocycles. The maximum absolute atomic E-state index is 12.4. The molecule has 0 atom stereocenters. The van der Waals surface area contributed by atoms with Crippen molar-refractivity contribution in [3.05, 3.63) is 69.7 Å². The van der Waals surface area contributed by atoms with Crippen molar-refractivity contribution in [2.45, 2.75) is 4.90 Å². The Balaban J connectivity index is 1.82. The van der Waals surface area contributed by atoms with E-state index in [1.807, 2.05) is 0 Å². The summed E-state index contributed by atoms with van der Waals surface area (Å²) in [4.78, 5) is 16.2. The lowest BCUT2D eigenvalue weighted by Crippen LogP contribution is -2.15. The van der Waals surface area contributed by atoms with Crippen molar-refractivity contribution in [3.63, 3.8) is 0 Å². The molecule has 134 valence electrons. The van der Waals surface area contributed by atoms with Gasteiger partial charge in [0.25, 0.3) is 15.9 Å². The SMILES string of the molecule is O=C(Nc1cccc(S(=O)(=O)Nc2nccs2)c1)c1ccc(Cl)cc1Cl. The van der Waals surface area contributed by atoms with E-state index in [0.29, 0.717) is 10.7 Å². The summed E-state index contributed by atoms with van der Waals surface area (Å²) in [6.45, 7) is 0. The van der Waals surface area contributed by atoms with Crippen molar-refractivity contribution >= 4 is 61.3 Å². The summed E-state index contributed by atoms with van der Waals surface area (Å²) >= 11 is 13.0. The summed E-state index contributed by atoms with van der Waals surface area (Å²) in [5.41, 5.74) is 0.535. The van der Waals surface area contributed by atoms with Crippen LogP contribution in [0.2, 0.25) is 10.0 Å². The second-order valence-corrected chi connectivity index (χ2v) is 8.47. The number of carbonyl (C=O) groups is 1. The molecule has 0 aliphatic rings. The van der Waals surface area contributed by atoms with Crippen LogP contribution in [0.3, 0.4) is 0 Å². The molecule has 10 heteroatoms. The molecule has 0 aliphatic heterocycles. The first kappa shape index (κ1) is 18.7. The summed E-state index contributed by atoms with van der Waals surface area (Å²) in [7, 11) is -3.82. The van der Waals surface area contributed by atoms with Crippen LogP contribution in [0.15, 0.2) is 58.9 Å². The first-order valence-corrected chi connectivity index (χ1v) is 10.3. The van der Waals surface area contributed by atoms with Crippen LogP contribution in [-0.2, 0) is 10.0 Å². The fourth-order valence-electron chi connectivity index (χ4n) is 2.06. The molecule has 3 rings (SSSR count). The van der Waals surface area contributed by atoms with Gasteiger partial charge in [-0.15, -0.1) is 11.3 Å². The van der Waals surface area contributed by atoms with Crippen LogP contribution in [-0.4, -0.2) is 19.3 Å². The number of hydrogen-bond donors (Lipinski definition) is 2. The lowest BCUT2D eigenvalue weighted by molar-refractivity contribution is 0.102. The third-order valence-corrected chi connectivity index (χ3v) is 5.93. The quantitative estimate of drug-likeness (QED) is 0.626. The number of nitrogens with one attached hydrogen (secondary N) is 2. The number of rotatable bonds is 5. The average Bonchev–Trinajstić information content (AvgIpc) is 3.07. The van der Waals surface area contributed by atoms with E-state index in [-0.39, 0.29) is 20.6 Å². The number of thiazole rings is 1. The molecule has 0 bridgehead atoms. The molecule has 2 N–H and O–H groups in total. The summed E-state index contributed by atoms with van der Waals surface area (Å²) in [5.74, 6) is -0.478. The molecule has 3 aromatic rings. The highest BCUT2D eigenvalue weighted by atomic mass is 35.5. The average molecular weight is 428 g/mol. The van der Waals surface area contributed by atoms with Gasteiger partial charge in [-0.1, -0.05) is 29.3 Å². The Morgan fingerprint density at radius 3 is 2.62 bits per heavy atom. The molecule has 0 aliphatic carbocycles. The maximum atomic E-state index is 12.4. The molecule has 6 nitrogen and oxygen atoms in total. The van der Waals surface area contributed by atoms with Gasteiger partial charge in [-0.05, 0) is 36.4 Å². The van der Waals surface area contributed by atoms with Crippen LogP contribution in [0.5, 0.6) is 0 Å². The molecule has 0 spiro atoms. The largest absolute Gasteiger partial charge is 0.322 e. The van der Waals surface area contributed by atoms with Gasteiger partial charge in [-0.25, -0.2) is 13.4 Å². The second-order valence-electron chi connectivity index (χ2n) is 5.05. The first-order valence-electron chi connectivity index (χ1n) is 7.14. The van der Waals surface area contributed by atoms with Gasteiger partial charge in [0.1, 0.15) is 0 Å². The van der Waals surface area contributed by atoms with Crippen molar-refractivity contribution in [1.29, 1.82) is 0 Å². The molecule has 26 heavy (non-hydrogen) atoms. The van der Waals surface area contributed by atoms with Crippen molar-refractivity contribution in [3.8, 4) is 0 Å². The van der Waals surface area contributed by atoms with Crippen molar-refractivity contribution in [2.75, 3.05) is 10.0 Å². The van der Waals surface area contributed by atoms with Gasteiger partial charge in [0, 0.05) is 22.3 Å². The van der Waals surface area contributed by atoms with Crippen LogP contribution in [0.4, 0.5) is 10.8 Å². The van der Waals surface area contributed by atoms with Crippen molar-refractivity contribution in [2.24, 2.45) is 0 Å². The van der Waals surface area contributed by atoms with E-state index in [4.69, 9.17) is 23.2 Å². The number of amides is 1. The number of anilines is 2. The van der Waals surface area contributed by atoms with Crippen LogP contribution in [0, 0.1) is 0 Å². The summed E-state index contributed by atoms with van der Waals surface area (Å²) in [6.07, 6.45) is 1.50. The van der Waals surface area contributed by atoms with E-state index in [0.717, 1.165) is 11.3 Å². The summed E-state index contributed by atoms with van der Waals surface area (Å²) in [6, 6.07) is 10.3. The topological polar surface area (TPSA) is 88.2 Å². The number of hydrogen-bond acceptors (Lipinski definition) is 5. The highest BCUT2D eigenvalue weighted by Crippen LogP contribution is 2.24. The van der Waals surface area contributed by atoms with Gasteiger partial charge >= 0.3 is 0 Å². The summed E-state index contributed by atoms with van der Waals surface area (Å²) < 4.78 is 27.2. The molecule has 0 fully saturated rings. The van der Waals surface area contributed by atoms with E-state index in [2.05, 4.69) is 15.0 Å². The fraction of sp³-hybridized carbons (Fsp3) is 0. The first-order chi connectivity index (χ1) is 12.3. The van der Waals surface area contributed by atoms with E-state index < -0.39 is 15.9 Å². The Morgan fingerprint density at radius 2 is 1.92 bits per heavy atom. The molecule has 0 saturated carbocycles. The zero-order chi connectivity index (χ0) is 18.7. The Bertz CT molecular complexity index is 1050. The minimum absolute atomic E-state index is 0.00676. The molecular formula is C16H11Cl2N3O3S2. The smallest absolute Gasteiger partial charge is 0.263 e. The van der Waals surface area contributed by atoms with Gasteiger partial charge in [0.2, 0.25) is 0 Å². The van der Waals surface area contributed by atoms with E-state index >= 15 is 0 Å². The van der Waals surface area contributed by atoms with Crippen molar-refractivity contribution in [1.82, 2.24) is 4.98 Å². The minimum atomic E-state index is -3.82. The number of carbonyl (C=O) groups excluding carboxylic acids is 1. The molecule has 1 amide bonds. The number of sulfonamides is 1. The third-order valence-electron chi connectivity index (χ3n) is 3.23. The minimum Gasteiger partial charge on any atom is -0.322 e. The maximum Gasteiger partial charge on any atom is 0.263 e. The van der Waals surface area contributed by atoms with Gasteiger partial charge < -0.3 is 5.32 Å². The Kier molecular flexibility index (Phi) is 5.47. The fourth-order valence-corrected chi connectivity index (χ4v) is 4.39. The van der Waals surface area contributed by atoms with Gasteiger partial charge in [0.15, 0.2) is 5.13 Å². The number of aromatic nitrogens is 1. The number of benzene rings is 2. The highest BCUT2D eigenvalue weighted by molar-refractivity contribution is 7.93. The highest BCUT2D eigenvalue weighted by Gasteiger charge is 2.17. The van der Waals surface area contributed by atoms with E-state index in [1.165, 1.54) is 36.5 Å². The van der Waals surface area contributed by atoms with E-state index in [1.54, 1.807) is 17.5 Å². The van der Waals surface area contributed by atoms with Gasteiger partial charge in [-0.3, -0.25) is 9.52 Å². The Morgan fingerprint density at radius 1 is 1.12 bits per heavy atom. The number of nitrogens with zero attached hydrogens (tertiary/aromatic N) is 1. The lowest BCUT2D eigenvalue weighted by Gasteiger charge is -2.10.